The van der Waals surface area contributed by atoms with Gasteiger partial charge in [0.1, 0.15) is 13.2 Å². The molecule has 2 unspecified atom stereocenters. The Kier molecular flexibility index (Phi) is 58.4. The van der Waals surface area contributed by atoms with E-state index in [9.17, 15) is 14.4 Å². The van der Waals surface area contributed by atoms with Crippen LogP contribution in [0.1, 0.15) is 381 Å². The molecular weight excluding hydrogens is 901 g/mol. The monoisotopic (exact) mass is 1030 g/mol. The predicted molar refractivity (Wildman–Crippen MR) is 316 cm³/mol. The minimum absolute atomic E-state index is 0.0616. The van der Waals surface area contributed by atoms with Crippen LogP contribution in [-0.4, -0.2) is 37.2 Å². The van der Waals surface area contributed by atoms with E-state index in [-0.39, 0.29) is 31.1 Å². The van der Waals surface area contributed by atoms with Gasteiger partial charge in [-0.2, -0.15) is 0 Å². The van der Waals surface area contributed by atoms with Gasteiger partial charge in [0.05, 0.1) is 0 Å². The molecule has 0 radical (unpaired) electrons. The Balaban J connectivity index is 4.19. The Morgan fingerprint density at radius 2 is 0.479 bits per heavy atom. The molecule has 73 heavy (non-hydrogen) atoms. The van der Waals surface area contributed by atoms with E-state index in [1.165, 1.54) is 270 Å². The molecule has 0 amide bonds. The summed E-state index contributed by atoms with van der Waals surface area (Å²) in [6, 6.07) is 0. The molecule has 0 spiro atoms. The quantitative estimate of drug-likeness (QED) is 0.0343. The fraction of sp³-hybridized carbons (Fsp3) is 0.955. The van der Waals surface area contributed by atoms with E-state index in [2.05, 4.69) is 34.6 Å². The first kappa shape index (κ1) is 71.4. The summed E-state index contributed by atoms with van der Waals surface area (Å²) >= 11 is 0. The molecule has 434 valence electrons. The first-order valence-corrected chi connectivity index (χ1v) is 33.3. The average molecular weight is 1030 g/mol. The summed E-state index contributed by atoms with van der Waals surface area (Å²) in [4.78, 5) is 38.3. The molecule has 0 rings (SSSR count). The number of unbranched alkanes of at least 4 members (excludes halogenated alkanes) is 44. The van der Waals surface area contributed by atoms with Crippen molar-refractivity contribution in [2.24, 2.45) is 11.8 Å². The average Bonchev–Trinajstić information content (AvgIpc) is 3.39. The maximum absolute atomic E-state index is 12.9. The first-order valence-electron chi connectivity index (χ1n) is 33.3. The SMILES string of the molecule is CCCCCCCCCCCCCC(=O)OC[C@@H](COC(=O)CCCCCCCCCCCCCCCCCCCCC(C)CC)OC(=O)CCCCCCCCCCCCCCCCCCCCC(C)CC. The maximum atomic E-state index is 12.9. The molecule has 0 saturated heterocycles. The van der Waals surface area contributed by atoms with E-state index in [1.54, 1.807) is 0 Å². The van der Waals surface area contributed by atoms with Crippen molar-refractivity contribution >= 4 is 17.9 Å². The zero-order valence-corrected chi connectivity index (χ0v) is 50.3. The molecule has 0 heterocycles. The molecule has 0 fully saturated rings. The van der Waals surface area contributed by atoms with Crippen molar-refractivity contribution in [3.8, 4) is 0 Å². The van der Waals surface area contributed by atoms with Crippen LogP contribution in [0.15, 0.2) is 0 Å². The predicted octanol–water partition coefficient (Wildman–Crippen LogP) is 22.4. The van der Waals surface area contributed by atoms with Crippen LogP contribution in [-0.2, 0) is 28.6 Å². The van der Waals surface area contributed by atoms with Crippen molar-refractivity contribution in [3.63, 3.8) is 0 Å². The van der Waals surface area contributed by atoms with E-state index in [1.807, 2.05) is 0 Å². The lowest BCUT2D eigenvalue weighted by Crippen LogP contribution is -2.30. The topological polar surface area (TPSA) is 78.9 Å². The van der Waals surface area contributed by atoms with Crippen LogP contribution in [0.2, 0.25) is 0 Å². The first-order chi connectivity index (χ1) is 35.8. The fourth-order valence-electron chi connectivity index (χ4n) is 10.4. The fourth-order valence-corrected chi connectivity index (χ4v) is 10.4. The molecule has 0 aliphatic heterocycles. The Labute approximate surface area is 457 Å². The summed E-state index contributed by atoms with van der Waals surface area (Å²) in [5, 5.41) is 0. The largest absolute Gasteiger partial charge is 0.462 e. The summed E-state index contributed by atoms with van der Waals surface area (Å²) in [6.45, 7) is 11.5. The maximum Gasteiger partial charge on any atom is 0.306 e. The van der Waals surface area contributed by atoms with Crippen LogP contribution in [0.4, 0.5) is 0 Å². The van der Waals surface area contributed by atoms with Crippen LogP contribution < -0.4 is 0 Å². The second kappa shape index (κ2) is 59.7. The van der Waals surface area contributed by atoms with Crippen LogP contribution in [0, 0.1) is 11.8 Å². The van der Waals surface area contributed by atoms with Crippen molar-refractivity contribution < 1.29 is 28.6 Å². The van der Waals surface area contributed by atoms with Gasteiger partial charge in [-0.25, -0.2) is 0 Å². The van der Waals surface area contributed by atoms with Gasteiger partial charge < -0.3 is 14.2 Å². The van der Waals surface area contributed by atoms with E-state index in [4.69, 9.17) is 14.2 Å². The highest BCUT2D eigenvalue weighted by Gasteiger charge is 2.20. The van der Waals surface area contributed by atoms with Gasteiger partial charge in [-0.3, -0.25) is 14.4 Å². The van der Waals surface area contributed by atoms with E-state index >= 15 is 0 Å². The smallest absolute Gasteiger partial charge is 0.306 e. The van der Waals surface area contributed by atoms with Gasteiger partial charge in [0.25, 0.3) is 0 Å². The van der Waals surface area contributed by atoms with Crippen molar-refractivity contribution in [3.05, 3.63) is 0 Å². The van der Waals surface area contributed by atoms with Crippen molar-refractivity contribution in [2.45, 2.75) is 387 Å². The standard InChI is InChI=1S/C67H130O6/c1-6-9-10-11-12-13-30-37-42-47-52-57-65(68)71-60-64(73-67(70)59-54-49-44-39-34-29-25-21-17-15-19-23-27-32-36-41-46-51-56-63(5)8-3)61-72-66(69)58-53-48-43-38-33-28-24-20-16-14-18-22-26-31-35-40-45-50-55-62(4)7-2/h62-64H,6-61H2,1-5H3/t62?,63?,64-/m0/s1. The molecule has 0 N–H and O–H groups in total. The van der Waals surface area contributed by atoms with Crippen LogP contribution in [0.25, 0.3) is 0 Å². The number of hydrogen-bond donors (Lipinski definition) is 0. The Morgan fingerprint density at radius 1 is 0.274 bits per heavy atom. The van der Waals surface area contributed by atoms with Gasteiger partial charge >= 0.3 is 17.9 Å². The summed E-state index contributed by atoms with van der Waals surface area (Å²) in [6.07, 6.45) is 66.7. The van der Waals surface area contributed by atoms with Gasteiger partial charge in [-0.05, 0) is 31.1 Å². The molecular formula is C67H130O6. The highest BCUT2D eigenvalue weighted by atomic mass is 16.6. The third-order valence-electron chi connectivity index (χ3n) is 16.2. The molecule has 6 nitrogen and oxygen atoms in total. The van der Waals surface area contributed by atoms with E-state index in [0.717, 1.165) is 69.6 Å². The summed E-state index contributed by atoms with van der Waals surface area (Å²) in [7, 11) is 0. The molecule has 0 saturated carbocycles. The molecule has 0 aliphatic rings. The number of carbonyl (C=O) groups excluding carboxylic acids is 3. The third-order valence-corrected chi connectivity index (χ3v) is 16.2. The number of hydrogen-bond acceptors (Lipinski definition) is 6. The molecule has 0 aromatic carbocycles. The highest BCUT2D eigenvalue weighted by molar-refractivity contribution is 5.71. The number of carbonyl (C=O) groups is 3. The minimum Gasteiger partial charge on any atom is -0.462 e. The van der Waals surface area contributed by atoms with Crippen molar-refractivity contribution in [2.75, 3.05) is 13.2 Å². The molecule has 0 aromatic rings. The Bertz CT molecular complexity index is 1120. The van der Waals surface area contributed by atoms with Crippen LogP contribution in [0.5, 0.6) is 0 Å². The van der Waals surface area contributed by atoms with Gasteiger partial charge in [0.2, 0.25) is 0 Å². The lowest BCUT2D eigenvalue weighted by Gasteiger charge is -2.18. The lowest BCUT2D eigenvalue weighted by molar-refractivity contribution is -0.167. The number of rotatable bonds is 61. The third kappa shape index (κ3) is 57.9. The summed E-state index contributed by atoms with van der Waals surface area (Å²) in [5.41, 5.74) is 0. The zero-order valence-electron chi connectivity index (χ0n) is 50.3. The molecule has 6 heteroatoms. The van der Waals surface area contributed by atoms with Gasteiger partial charge in [-0.15, -0.1) is 0 Å². The van der Waals surface area contributed by atoms with Crippen LogP contribution >= 0.6 is 0 Å². The second-order valence-electron chi connectivity index (χ2n) is 23.6. The van der Waals surface area contributed by atoms with Gasteiger partial charge in [-0.1, -0.05) is 343 Å². The van der Waals surface area contributed by atoms with Crippen molar-refractivity contribution in [1.29, 1.82) is 0 Å². The summed E-state index contributed by atoms with van der Waals surface area (Å²) in [5.74, 6) is 0.989. The molecule has 3 atom stereocenters. The van der Waals surface area contributed by atoms with E-state index < -0.39 is 6.10 Å². The summed E-state index contributed by atoms with van der Waals surface area (Å²) < 4.78 is 17.0. The van der Waals surface area contributed by atoms with Gasteiger partial charge in [0.15, 0.2) is 6.10 Å². The minimum atomic E-state index is -0.763. The Morgan fingerprint density at radius 3 is 0.712 bits per heavy atom. The van der Waals surface area contributed by atoms with E-state index in [0.29, 0.717) is 19.3 Å². The van der Waals surface area contributed by atoms with Gasteiger partial charge in [0, 0.05) is 19.3 Å². The number of esters is 3. The molecule has 0 aliphatic carbocycles. The highest BCUT2D eigenvalue weighted by Crippen LogP contribution is 2.20. The molecule has 0 bridgehead atoms. The lowest BCUT2D eigenvalue weighted by atomic mass is 9.99. The van der Waals surface area contributed by atoms with Crippen molar-refractivity contribution in [1.82, 2.24) is 0 Å². The second-order valence-corrected chi connectivity index (χ2v) is 23.6. The normalized spacial score (nSPS) is 12.8. The zero-order chi connectivity index (χ0) is 53.2. The number of ether oxygens (including phenoxy) is 3. The van der Waals surface area contributed by atoms with Crippen LogP contribution in [0.3, 0.4) is 0 Å². The Hall–Kier alpha value is -1.59. The molecule has 0 aromatic heterocycles.